The van der Waals surface area contributed by atoms with Crippen LogP contribution < -0.4 is 0 Å². The van der Waals surface area contributed by atoms with E-state index in [9.17, 15) is 9.59 Å². The van der Waals surface area contributed by atoms with Crippen molar-refractivity contribution < 1.29 is 14.3 Å². The average molecular weight is 359 g/mol. The number of carbonyl (C=O) groups excluding carboxylic acids is 2. The zero-order chi connectivity index (χ0) is 18.5. The lowest BCUT2D eigenvalue weighted by Gasteiger charge is -2.58. The van der Waals surface area contributed by atoms with Crippen molar-refractivity contribution in [1.82, 2.24) is 0 Å². The SMILES string of the molecule is CCCOC1C=C2C(C)C[C@@H]3[C@@H](CC[C@]4(C)C(=O)CC[C@@H]34)[C@@]2(C=O)CC1. The van der Waals surface area contributed by atoms with Crippen molar-refractivity contribution in [2.24, 2.45) is 34.5 Å². The van der Waals surface area contributed by atoms with Crippen LogP contribution in [-0.4, -0.2) is 24.8 Å². The minimum Gasteiger partial charge on any atom is -0.374 e. The summed E-state index contributed by atoms with van der Waals surface area (Å²) < 4.78 is 6.02. The summed E-state index contributed by atoms with van der Waals surface area (Å²) in [5.74, 6) is 2.35. The Balaban J connectivity index is 1.67. The molecule has 2 unspecified atom stereocenters. The predicted molar refractivity (Wildman–Crippen MR) is 102 cm³/mol. The lowest BCUT2D eigenvalue weighted by atomic mass is 9.45. The summed E-state index contributed by atoms with van der Waals surface area (Å²) >= 11 is 0. The summed E-state index contributed by atoms with van der Waals surface area (Å²) in [5, 5.41) is 0. The summed E-state index contributed by atoms with van der Waals surface area (Å²) in [6.07, 6.45) is 11.6. The summed E-state index contributed by atoms with van der Waals surface area (Å²) in [7, 11) is 0. The zero-order valence-electron chi connectivity index (χ0n) is 16.6. The highest BCUT2D eigenvalue weighted by atomic mass is 16.5. The van der Waals surface area contributed by atoms with Crippen LogP contribution in [0, 0.1) is 34.5 Å². The first-order chi connectivity index (χ1) is 12.5. The smallest absolute Gasteiger partial charge is 0.139 e. The summed E-state index contributed by atoms with van der Waals surface area (Å²) in [5.41, 5.74) is 0.948. The van der Waals surface area contributed by atoms with Gasteiger partial charge in [0.15, 0.2) is 0 Å². The second-order valence-corrected chi connectivity index (χ2v) is 9.66. The van der Waals surface area contributed by atoms with Gasteiger partial charge in [-0.25, -0.2) is 0 Å². The maximum atomic E-state index is 12.6. The first kappa shape index (κ1) is 18.4. The van der Waals surface area contributed by atoms with E-state index in [0.717, 1.165) is 58.0 Å². The third kappa shape index (κ3) is 2.49. The Labute approximate surface area is 157 Å². The normalized spacial score (nSPS) is 47.6. The van der Waals surface area contributed by atoms with Crippen LogP contribution in [0.2, 0.25) is 0 Å². The van der Waals surface area contributed by atoms with E-state index in [0.29, 0.717) is 29.5 Å². The van der Waals surface area contributed by atoms with E-state index in [1.54, 1.807) is 0 Å². The number of rotatable bonds is 4. The van der Waals surface area contributed by atoms with Gasteiger partial charge in [0.2, 0.25) is 0 Å². The molecule has 0 saturated heterocycles. The fourth-order valence-electron chi connectivity index (χ4n) is 7.16. The van der Waals surface area contributed by atoms with Crippen molar-refractivity contribution >= 4 is 12.1 Å². The van der Waals surface area contributed by atoms with Crippen LogP contribution in [0.25, 0.3) is 0 Å². The highest BCUT2D eigenvalue weighted by molar-refractivity contribution is 5.87. The molecule has 26 heavy (non-hydrogen) atoms. The number of fused-ring (bicyclic) bond motifs is 5. The summed E-state index contributed by atoms with van der Waals surface area (Å²) in [4.78, 5) is 25.1. The summed E-state index contributed by atoms with van der Waals surface area (Å²) in [6, 6.07) is 0. The zero-order valence-corrected chi connectivity index (χ0v) is 16.6. The third-order valence-electron chi connectivity index (χ3n) is 8.46. The molecule has 0 aromatic rings. The number of Topliss-reactive ketones (excluding diaryl/α,β-unsaturated/α-hetero) is 1. The van der Waals surface area contributed by atoms with E-state index in [1.807, 2.05) is 0 Å². The minimum absolute atomic E-state index is 0.117. The first-order valence-electron chi connectivity index (χ1n) is 10.8. The van der Waals surface area contributed by atoms with Gasteiger partial charge in [-0.15, -0.1) is 0 Å². The van der Waals surface area contributed by atoms with Gasteiger partial charge in [-0.05, 0) is 68.6 Å². The van der Waals surface area contributed by atoms with Crippen molar-refractivity contribution in [3.63, 3.8) is 0 Å². The fourth-order valence-corrected chi connectivity index (χ4v) is 7.16. The minimum atomic E-state index is -0.290. The van der Waals surface area contributed by atoms with Crippen molar-refractivity contribution in [3.05, 3.63) is 11.6 Å². The van der Waals surface area contributed by atoms with Crippen LogP contribution in [0.1, 0.15) is 72.1 Å². The molecule has 0 spiro atoms. The lowest BCUT2D eigenvalue weighted by Crippen LogP contribution is -2.54. The number of allylic oxidation sites excluding steroid dienone is 1. The molecule has 4 aliphatic rings. The van der Waals surface area contributed by atoms with Crippen LogP contribution in [0.15, 0.2) is 11.6 Å². The van der Waals surface area contributed by atoms with Crippen LogP contribution in [0.5, 0.6) is 0 Å². The Hall–Kier alpha value is -0.960. The molecular weight excluding hydrogens is 324 g/mol. The standard InChI is InChI=1S/C23H34O3/c1-4-11-26-16-7-10-23(14-24)19-8-9-22(3)18(5-6-21(22)25)17(19)12-15(2)20(23)13-16/h13-19H,4-12H2,1-3H3/t15?,16?,17-,18-,19+,22-,23-/m0/s1. The molecule has 3 nitrogen and oxygen atoms in total. The Morgan fingerprint density at radius 3 is 2.77 bits per heavy atom. The molecule has 3 fully saturated rings. The van der Waals surface area contributed by atoms with E-state index in [4.69, 9.17) is 4.74 Å². The molecule has 0 aromatic carbocycles. The maximum absolute atomic E-state index is 12.6. The Bertz CT molecular complexity index is 623. The van der Waals surface area contributed by atoms with Gasteiger partial charge in [0.05, 0.1) is 11.5 Å². The number of ketones is 1. The van der Waals surface area contributed by atoms with Crippen molar-refractivity contribution in [2.75, 3.05) is 6.61 Å². The van der Waals surface area contributed by atoms with Gasteiger partial charge in [-0.2, -0.15) is 0 Å². The average Bonchev–Trinajstić information content (AvgIpc) is 2.95. The summed E-state index contributed by atoms with van der Waals surface area (Å²) in [6.45, 7) is 7.44. The molecule has 0 radical (unpaired) electrons. The monoisotopic (exact) mass is 358 g/mol. The number of hydrogen-bond acceptors (Lipinski definition) is 3. The van der Waals surface area contributed by atoms with E-state index in [2.05, 4.69) is 26.8 Å². The molecule has 0 aliphatic heterocycles. The molecule has 0 aromatic heterocycles. The van der Waals surface area contributed by atoms with E-state index in [-0.39, 0.29) is 16.9 Å². The number of hydrogen-bond donors (Lipinski definition) is 0. The van der Waals surface area contributed by atoms with Crippen molar-refractivity contribution in [3.8, 4) is 0 Å². The predicted octanol–water partition coefficient (Wildman–Crippen LogP) is 4.74. The second-order valence-electron chi connectivity index (χ2n) is 9.66. The molecule has 0 bridgehead atoms. The number of aldehydes is 1. The Morgan fingerprint density at radius 2 is 2.04 bits per heavy atom. The third-order valence-corrected chi connectivity index (χ3v) is 8.46. The van der Waals surface area contributed by atoms with E-state index < -0.39 is 0 Å². The molecule has 0 amide bonds. The highest BCUT2D eigenvalue weighted by Crippen LogP contribution is 2.65. The molecule has 4 rings (SSSR count). The molecule has 3 heteroatoms. The maximum Gasteiger partial charge on any atom is 0.139 e. The van der Waals surface area contributed by atoms with Gasteiger partial charge in [-0.1, -0.05) is 32.4 Å². The molecular formula is C23H34O3. The van der Waals surface area contributed by atoms with Crippen LogP contribution >= 0.6 is 0 Å². The molecule has 0 N–H and O–H groups in total. The lowest BCUT2D eigenvalue weighted by molar-refractivity contribution is -0.137. The van der Waals surface area contributed by atoms with Crippen molar-refractivity contribution in [1.29, 1.82) is 0 Å². The number of carbonyl (C=O) groups is 2. The topological polar surface area (TPSA) is 43.4 Å². The van der Waals surface area contributed by atoms with E-state index in [1.165, 1.54) is 11.9 Å². The van der Waals surface area contributed by atoms with Gasteiger partial charge in [0.1, 0.15) is 12.1 Å². The van der Waals surface area contributed by atoms with Crippen LogP contribution in [-0.2, 0) is 14.3 Å². The van der Waals surface area contributed by atoms with Gasteiger partial charge < -0.3 is 9.53 Å². The van der Waals surface area contributed by atoms with Gasteiger partial charge in [0, 0.05) is 18.4 Å². The van der Waals surface area contributed by atoms with E-state index >= 15 is 0 Å². The number of ether oxygens (including phenoxy) is 1. The molecule has 7 atom stereocenters. The molecule has 3 saturated carbocycles. The molecule has 0 heterocycles. The molecule has 144 valence electrons. The molecule has 4 aliphatic carbocycles. The fraction of sp³-hybridized carbons (Fsp3) is 0.826. The van der Waals surface area contributed by atoms with Gasteiger partial charge in [0.25, 0.3) is 0 Å². The quantitative estimate of drug-likeness (QED) is 0.538. The van der Waals surface area contributed by atoms with Crippen molar-refractivity contribution in [2.45, 2.75) is 78.2 Å². The second kappa shape index (κ2) is 6.58. The van der Waals surface area contributed by atoms with Crippen LogP contribution in [0.4, 0.5) is 0 Å². The largest absolute Gasteiger partial charge is 0.374 e. The Morgan fingerprint density at radius 1 is 1.23 bits per heavy atom. The highest BCUT2D eigenvalue weighted by Gasteiger charge is 2.61. The van der Waals surface area contributed by atoms with Gasteiger partial charge in [-0.3, -0.25) is 4.79 Å². The van der Waals surface area contributed by atoms with Gasteiger partial charge >= 0.3 is 0 Å². The Kier molecular flexibility index (Phi) is 4.66. The van der Waals surface area contributed by atoms with Crippen LogP contribution in [0.3, 0.4) is 0 Å². The first-order valence-corrected chi connectivity index (χ1v) is 10.8.